The molecule has 3 aromatic rings. The van der Waals surface area contributed by atoms with Gasteiger partial charge in [-0.2, -0.15) is 0 Å². The number of halogens is 1. The highest BCUT2D eigenvalue weighted by Gasteiger charge is 2.23. The molecular weight excluding hydrogens is 478 g/mol. The number of hydrogen-bond acceptors (Lipinski definition) is 4. The van der Waals surface area contributed by atoms with Crippen LogP contribution in [-0.4, -0.2) is 24.0 Å². The number of hydrazine groups is 1. The zero-order chi connectivity index (χ0) is 22.2. The van der Waals surface area contributed by atoms with E-state index < -0.39 is 11.8 Å². The van der Waals surface area contributed by atoms with Crippen LogP contribution in [0.25, 0.3) is 0 Å². The maximum Gasteiger partial charge on any atom is 0.261 e. The van der Waals surface area contributed by atoms with E-state index in [4.69, 9.17) is 17.0 Å². The Morgan fingerprint density at radius 1 is 0.903 bits per heavy atom. The summed E-state index contributed by atoms with van der Waals surface area (Å²) in [7, 11) is 1.48. The molecule has 0 aliphatic carbocycles. The van der Waals surface area contributed by atoms with E-state index in [1.165, 1.54) is 7.11 Å². The van der Waals surface area contributed by atoms with Gasteiger partial charge in [-0.15, -0.1) is 0 Å². The number of benzene rings is 3. The fourth-order valence-corrected chi connectivity index (χ4v) is 3.54. The van der Waals surface area contributed by atoms with Gasteiger partial charge in [0.1, 0.15) is 5.75 Å². The van der Waals surface area contributed by atoms with Gasteiger partial charge < -0.3 is 4.74 Å². The lowest BCUT2D eigenvalue weighted by atomic mass is 9.91. The van der Waals surface area contributed by atoms with E-state index in [1.54, 1.807) is 18.2 Å². The second kappa shape index (κ2) is 10.7. The molecule has 3 aromatic carbocycles. The van der Waals surface area contributed by atoms with Crippen molar-refractivity contribution in [1.82, 2.24) is 16.2 Å². The Bertz CT molecular complexity index is 1040. The molecule has 0 saturated carbocycles. The molecule has 0 aliphatic heterocycles. The van der Waals surface area contributed by atoms with Crippen molar-refractivity contribution in [2.45, 2.75) is 5.92 Å². The second-order valence-electron chi connectivity index (χ2n) is 6.50. The molecule has 0 radical (unpaired) electrons. The summed E-state index contributed by atoms with van der Waals surface area (Å²) in [6.07, 6.45) is 0. The number of thiocarbonyl (C=S) groups is 1. The summed E-state index contributed by atoms with van der Waals surface area (Å²) < 4.78 is 5.94. The lowest BCUT2D eigenvalue weighted by Gasteiger charge is -2.19. The Kier molecular flexibility index (Phi) is 7.75. The van der Waals surface area contributed by atoms with Crippen LogP contribution < -0.4 is 20.9 Å². The number of methoxy groups -OCH3 is 1. The monoisotopic (exact) mass is 497 g/mol. The number of hydrogen-bond donors (Lipinski definition) is 3. The number of carbonyl (C=O) groups excluding carboxylic acids is 2. The van der Waals surface area contributed by atoms with Crippen LogP contribution in [0.1, 0.15) is 27.4 Å². The van der Waals surface area contributed by atoms with Crippen LogP contribution in [0.2, 0.25) is 0 Å². The molecule has 0 heterocycles. The molecule has 6 nitrogen and oxygen atoms in total. The molecule has 0 bridgehead atoms. The molecule has 0 aromatic heterocycles. The first-order chi connectivity index (χ1) is 15.0. The van der Waals surface area contributed by atoms with Crippen LogP contribution in [0.5, 0.6) is 5.75 Å². The van der Waals surface area contributed by atoms with Gasteiger partial charge in [-0.3, -0.25) is 25.8 Å². The number of amides is 2. The van der Waals surface area contributed by atoms with Crippen molar-refractivity contribution in [1.29, 1.82) is 0 Å². The van der Waals surface area contributed by atoms with Crippen molar-refractivity contribution in [2.75, 3.05) is 7.11 Å². The van der Waals surface area contributed by atoms with E-state index in [1.807, 2.05) is 60.7 Å². The fraction of sp³-hybridized carbons (Fsp3) is 0.0870. The van der Waals surface area contributed by atoms with E-state index in [0.29, 0.717) is 11.3 Å². The summed E-state index contributed by atoms with van der Waals surface area (Å²) in [5, 5.41) is 2.50. The summed E-state index contributed by atoms with van der Waals surface area (Å²) in [5.41, 5.74) is 7.17. The highest BCUT2D eigenvalue weighted by atomic mass is 79.9. The van der Waals surface area contributed by atoms with Crippen molar-refractivity contribution in [2.24, 2.45) is 0 Å². The highest BCUT2D eigenvalue weighted by molar-refractivity contribution is 9.10. The van der Waals surface area contributed by atoms with Gasteiger partial charge in [-0.05, 0) is 41.5 Å². The highest BCUT2D eigenvalue weighted by Crippen LogP contribution is 2.25. The first-order valence-electron chi connectivity index (χ1n) is 9.34. The number of ether oxygens (including phenoxy) is 1. The van der Waals surface area contributed by atoms with Gasteiger partial charge in [-0.25, -0.2) is 0 Å². The number of carbonyl (C=O) groups is 2. The molecule has 8 heteroatoms. The number of rotatable bonds is 5. The molecule has 0 fully saturated rings. The predicted molar refractivity (Wildman–Crippen MR) is 127 cm³/mol. The van der Waals surface area contributed by atoms with Gasteiger partial charge >= 0.3 is 0 Å². The van der Waals surface area contributed by atoms with Crippen molar-refractivity contribution >= 4 is 45.1 Å². The lowest BCUT2D eigenvalue weighted by molar-refractivity contribution is -0.122. The molecule has 0 saturated heterocycles. The SMILES string of the molecule is COc1ccc(Br)cc1C(=O)NC(=S)NNC(=O)C(c1ccccc1)c1ccccc1. The van der Waals surface area contributed by atoms with Crippen molar-refractivity contribution in [3.8, 4) is 5.75 Å². The fourth-order valence-electron chi connectivity index (χ4n) is 3.04. The van der Waals surface area contributed by atoms with Crippen LogP contribution in [0.15, 0.2) is 83.3 Å². The van der Waals surface area contributed by atoms with Gasteiger partial charge in [0.15, 0.2) is 5.11 Å². The molecule has 0 aliphatic rings. The molecule has 2 amide bonds. The molecule has 3 rings (SSSR count). The molecule has 158 valence electrons. The van der Waals surface area contributed by atoms with Crippen LogP contribution in [0.4, 0.5) is 0 Å². The van der Waals surface area contributed by atoms with Crippen LogP contribution in [-0.2, 0) is 4.79 Å². The summed E-state index contributed by atoms with van der Waals surface area (Å²) in [6, 6.07) is 23.9. The summed E-state index contributed by atoms with van der Waals surface area (Å²) in [5.74, 6) is -0.916. The smallest absolute Gasteiger partial charge is 0.261 e. The summed E-state index contributed by atoms with van der Waals surface area (Å²) in [4.78, 5) is 25.5. The van der Waals surface area contributed by atoms with Crippen molar-refractivity contribution < 1.29 is 14.3 Å². The zero-order valence-corrected chi connectivity index (χ0v) is 19.0. The Labute approximate surface area is 194 Å². The largest absolute Gasteiger partial charge is 0.496 e. The lowest BCUT2D eigenvalue weighted by Crippen LogP contribution is -2.49. The first kappa shape index (κ1) is 22.5. The Morgan fingerprint density at radius 3 is 2.03 bits per heavy atom. The summed E-state index contributed by atoms with van der Waals surface area (Å²) >= 11 is 8.50. The molecule has 0 atom stereocenters. The third-order valence-electron chi connectivity index (χ3n) is 4.46. The minimum absolute atomic E-state index is 0.0414. The average molecular weight is 498 g/mol. The van der Waals surface area contributed by atoms with Gasteiger partial charge in [0.05, 0.1) is 18.6 Å². The minimum atomic E-state index is -0.543. The van der Waals surface area contributed by atoms with Crippen LogP contribution in [0.3, 0.4) is 0 Å². The van der Waals surface area contributed by atoms with E-state index in [9.17, 15) is 9.59 Å². The maximum absolute atomic E-state index is 13.0. The van der Waals surface area contributed by atoms with Gasteiger partial charge in [-0.1, -0.05) is 76.6 Å². The topological polar surface area (TPSA) is 79.5 Å². The quantitative estimate of drug-likeness (QED) is 0.367. The normalized spacial score (nSPS) is 10.3. The minimum Gasteiger partial charge on any atom is -0.496 e. The molecular formula is C23H20BrN3O3S. The predicted octanol–water partition coefficient (Wildman–Crippen LogP) is 3.93. The van der Waals surface area contributed by atoms with Crippen molar-refractivity contribution in [3.63, 3.8) is 0 Å². The molecule has 0 spiro atoms. The van der Waals surface area contributed by atoms with Gasteiger partial charge in [0.2, 0.25) is 5.91 Å². The Balaban J connectivity index is 1.68. The van der Waals surface area contributed by atoms with Gasteiger partial charge in [0, 0.05) is 4.47 Å². The zero-order valence-electron chi connectivity index (χ0n) is 16.6. The van der Waals surface area contributed by atoms with E-state index >= 15 is 0 Å². The van der Waals surface area contributed by atoms with Gasteiger partial charge in [0.25, 0.3) is 5.91 Å². The third kappa shape index (κ3) is 5.90. The van der Waals surface area contributed by atoms with Crippen LogP contribution >= 0.6 is 28.1 Å². The first-order valence-corrected chi connectivity index (χ1v) is 10.5. The molecule has 31 heavy (non-hydrogen) atoms. The van der Waals surface area contributed by atoms with E-state index in [0.717, 1.165) is 15.6 Å². The van der Waals surface area contributed by atoms with Crippen LogP contribution in [0, 0.1) is 0 Å². The maximum atomic E-state index is 13.0. The Hall–Kier alpha value is -3.23. The van der Waals surface area contributed by atoms with E-state index in [-0.39, 0.29) is 11.0 Å². The second-order valence-corrected chi connectivity index (χ2v) is 7.82. The molecule has 0 unspecified atom stereocenters. The number of nitrogens with one attached hydrogen (secondary N) is 3. The standard InChI is InChI=1S/C23H20BrN3O3S/c1-30-19-13-12-17(24)14-18(19)21(28)25-23(31)27-26-22(29)20(15-8-4-2-5-9-15)16-10-6-3-7-11-16/h2-14,20H,1H3,(H,26,29)(H2,25,27,28,31). The third-order valence-corrected chi connectivity index (χ3v) is 5.16. The Morgan fingerprint density at radius 2 is 1.48 bits per heavy atom. The average Bonchev–Trinajstić information content (AvgIpc) is 2.79. The van der Waals surface area contributed by atoms with E-state index in [2.05, 4.69) is 32.1 Å². The van der Waals surface area contributed by atoms with Crippen molar-refractivity contribution in [3.05, 3.63) is 100 Å². The summed E-state index contributed by atoms with van der Waals surface area (Å²) in [6.45, 7) is 0. The molecule has 3 N–H and O–H groups in total.